The number of pyridine rings is 1. The molecular weight excluding hydrogens is 539 g/mol. The first kappa shape index (κ1) is 30.2. The number of unbranched alkanes of at least 4 members (excludes halogenated alkanes) is 9. The smallest absolute Gasteiger partial charge is 0.316 e. The molecule has 1 amide bonds. The quantitative estimate of drug-likeness (QED) is 0.177. The van der Waals surface area contributed by atoms with Gasteiger partial charge in [0.25, 0.3) is 5.69 Å². The number of aryl methyl sites for hydroxylation is 1. The molecule has 0 saturated carbocycles. The summed E-state index contributed by atoms with van der Waals surface area (Å²) in [6.07, 6.45) is 15.0. The number of carbonyl (C=O) groups is 1. The van der Waals surface area contributed by atoms with Crippen molar-refractivity contribution in [1.82, 2.24) is 5.32 Å². The second-order valence-corrected chi connectivity index (χ2v) is 8.57. The normalized spacial score (nSPS) is 10.4. The van der Waals surface area contributed by atoms with Crippen molar-refractivity contribution in [3.05, 3.63) is 53.9 Å². The zero-order valence-corrected chi connectivity index (χ0v) is 23.4. The van der Waals surface area contributed by atoms with Crippen LogP contribution in [0.2, 0.25) is 0 Å². The summed E-state index contributed by atoms with van der Waals surface area (Å²) in [6.45, 7) is 6.18. The summed E-state index contributed by atoms with van der Waals surface area (Å²) in [4.78, 5) is 12.6. The molecule has 0 fully saturated rings. The number of nitrogens with zero attached hydrogens (tertiary/aromatic N) is 1. The van der Waals surface area contributed by atoms with Crippen molar-refractivity contribution >= 4 is 5.91 Å². The van der Waals surface area contributed by atoms with E-state index in [0.717, 1.165) is 24.3 Å². The lowest BCUT2D eigenvalue weighted by atomic mass is 10.1. The SMILES string of the molecule is CCCCCCCCCCCCOc1ccc(CNC(=O)c2cccc[n+]2CC)cc1OC.[I-]. The van der Waals surface area contributed by atoms with Crippen molar-refractivity contribution in [2.24, 2.45) is 0 Å². The van der Waals surface area contributed by atoms with Crippen LogP contribution in [0.1, 0.15) is 94.1 Å². The first-order chi connectivity index (χ1) is 16.2. The topological polar surface area (TPSA) is 51.4 Å². The number of amides is 1. The Morgan fingerprint density at radius 3 is 2.21 bits per heavy atom. The number of halogens is 1. The summed E-state index contributed by atoms with van der Waals surface area (Å²) in [5.41, 5.74) is 1.63. The summed E-state index contributed by atoms with van der Waals surface area (Å²) in [6, 6.07) is 11.5. The first-order valence-electron chi connectivity index (χ1n) is 12.8. The Morgan fingerprint density at radius 2 is 1.56 bits per heavy atom. The zero-order valence-electron chi connectivity index (χ0n) is 21.3. The Morgan fingerprint density at radius 1 is 0.882 bits per heavy atom. The van der Waals surface area contributed by atoms with Crippen LogP contribution < -0.4 is 43.3 Å². The van der Waals surface area contributed by atoms with Crippen LogP contribution in [0.25, 0.3) is 0 Å². The van der Waals surface area contributed by atoms with E-state index in [4.69, 9.17) is 9.47 Å². The third-order valence-electron chi connectivity index (χ3n) is 5.95. The third-order valence-corrected chi connectivity index (χ3v) is 5.95. The molecule has 0 unspecified atom stereocenters. The van der Waals surface area contributed by atoms with Gasteiger partial charge in [0.2, 0.25) is 0 Å². The molecule has 6 heteroatoms. The zero-order chi connectivity index (χ0) is 23.7. The van der Waals surface area contributed by atoms with Gasteiger partial charge in [0.1, 0.15) is 6.54 Å². The van der Waals surface area contributed by atoms with E-state index in [9.17, 15) is 4.79 Å². The highest BCUT2D eigenvalue weighted by Crippen LogP contribution is 2.28. The van der Waals surface area contributed by atoms with E-state index in [2.05, 4.69) is 12.2 Å². The minimum atomic E-state index is -0.0855. The van der Waals surface area contributed by atoms with Crippen LogP contribution in [0.4, 0.5) is 0 Å². The van der Waals surface area contributed by atoms with Crippen molar-refractivity contribution < 1.29 is 42.8 Å². The van der Waals surface area contributed by atoms with Crippen LogP contribution in [0.15, 0.2) is 42.6 Å². The lowest BCUT2D eigenvalue weighted by Gasteiger charge is -2.12. The van der Waals surface area contributed by atoms with Gasteiger partial charge in [0, 0.05) is 18.7 Å². The molecule has 0 atom stereocenters. The summed E-state index contributed by atoms with van der Waals surface area (Å²) in [5.74, 6) is 1.38. The molecule has 0 spiro atoms. The molecule has 0 aliphatic heterocycles. The van der Waals surface area contributed by atoms with Crippen LogP contribution in [-0.4, -0.2) is 19.6 Å². The Balaban J connectivity index is 0.00000578. The molecule has 2 rings (SSSR count). The molecule has 2 aromatic rings. The predicted molar refractivity (Wildman–Crippen MR) is 134 cm³/mol. The summed E-state index contributed by atoms with van der Waals surface area (Å²) in [7, 11) is 1.65. The average Bonchev–Trinajstić information content (AvgIpc) is 2.86. The number of nitrogens with one attached hydrogen (secondary N) is 1. The molecule has 0 bridgehead atoms. The van der Waals surface area contributed by atoms with Crippen molar-refractivity contribution in [2.45, 2.75) is 91.1 Å². The van der Waals surface area contributed by atoms with Gasteiger partial charge < -0.3 is 38.8 Å². The Bertz CT molecular complexity index is 829. The monoisotopic (exact) mass is 582 g/mol. The van der Waals surface area contributed by atoms with Gasteiger partial charge in [-0.1, -0.05) is 70.8 Å². The number of ether oxygens (including phenoxy) is 2. The first-order valence-corrected chi connectivity index (χ1v) is 12.8. The maximum Gasteiger partial charge on any atom is 0.316 e. The van der Waals surface area contributed by atoms with Crippen LogP contribution >= 0.6 is 0 Å². The van der Waals surface area contributed by atoms with Crippen molar-refractivity contribution in [2.75, 3.05) is 13.7 Å². The van der Waals surface area contributed by atoms with E-state index in [0.29, 0.717) is 24.6 Å². The highest BCUT2D eigenvalue weighted by Gasteiger charge is 2.17. The Hall–Kier alpha value is -1.83. The predicted octanol–water partition coefficient (Wildman–Crippen LogP) is 3.24. The number of benzene rings is 1. The number of carbonyl (C=O) groups excluding carboxylic acids is 1. The molecular formula is C28H43IN2O3. The minimum Gasteiger partial charge on any atom is -1.00 e. The standard InChI is InChI=1S/C28H42N2O3.HI/c1-4-6-7-8-9-10-11-12-13-16-21-33-26-19-18-24(22-27(26)32-3)23-29-28(31)25-17-14-15-20-30(25)5-2;/h14-15,17-20,22H,4-13,16,21,23H2,1-3H3;1H. The minimum absolute atomic E-state index is 0. The van der Waals surface area contributed by atoms with E-state index in [1.807, 2.05) is 54.1 Å². The fraction of sp³-hybridized carbons (Fsp3) is 0.571. The molecule has 0 saturated heterocycles. The largest absolute Gasteiger partial charge is 1.00 e. The Kier molecular flexibility index (Phi) is 16.4. The number of hydrogen-bond donors (Lipinski definition) is 1. The van der Waals surface area contributed by atoms with Crippen LogP contribution in [0, 0.1) is 0 Å². The molecule has 1 aromatic heterocycles. The molecule has 5 nitrogen and oxygen atoms in total. The van der Waals surface area contributed by atoms with Gasteiger partial charge in [-0.2, -0.15) is 4.57 Å². The summed E-state index contributed by atoms with van der Waals surface area (Å²) in [5, 5.41) is 3.00. The van der Waals surface area contributed by atoms with Gasteiger partial charge in [-0.15, -0.1) is 0 Å². The van der Waals surface area contributed by atoms with Crippen molar-refractivity contribution in [3.63, 3.8) is 0 Å². The number of hydrogen-bond acceptors (Lipinski definition) is 3. The Labute approximate surface area is 223 Å². The second kappa shape index (κ2) is 18.5. The van der Waals surface area contributed by atoms with Gasteiger partial charge in [-0.05, 0) is 37.1 Å². The van der Waals surface area contributed by atoms with Gasteiger partial charge >= 0.3 is 5.91 Å². The van der Waals surface area contributed by atoms with Crippen LogP contribution in [-0.2, 0) is 13.1 Å². The van der Waals surface area contributed by atoms with Gasteiger partial charge in [0.05, 0.1) is 13.7 Å². The summed E-state index contributed by atoms with van der Waals surface area (Å²) < 4.78 is 13.4. The van der Waals surface area contributed by atoms with E-state index in [1.54, 1.807) is 7.11 Å². The maximum absolute atomic E-state index is 12.6. The van der Waals surface area contributed by atoms with Crippen molar-refractivity contribution in [3.8, 4) is 11.5 Å². The lowest BCUT2D eigenvalue weighted by molar-refractivity contribution is -0.695. The van der Waals surface area contributed by atoms with Gasteiger partial charge in [-0.3, -0.25) is 4.79 Å². The summed E-state index contributed by atoms with van der Waals surface area (Å²) >= 11 is 0. The van der Waals surface area contributed by atoms with E-state index in [-0.39, 0.29) is 29.9 Å². The number of methoxy groups -OCH3 is 1. The fourth-order valence-corrected chi connectivity index (χ4v) is 3.94. The van der Waals surface area contributed by atoms with Crippen molar-refractivity contribution in [1.29, 1.82) is 0 Å². The van der Waals surface area contributed by atoms with E-state index >= 15 is 0 Å². The number of aromatic nitrogens is 1. The lowest BCUT2D eigenvalue weighted by Crippen LogP contribution is -3.00. The molecule has 0 aliphatic rings. The van der Waals surface area contributed by atoms with Crippen LogP contribution in [0.5, 0.6) is 11.5 Å². The highest BCUT2D eigenvalue weighted by atomic mass is 127. The van der Waals surface area contributed by atoms with Gasteiger partial charge in [-0.25, -0.2) is 0 Å². The molecule has 190 valence electrons. The van der Waals surface area contributed by atoms with E-state index < -0.39 is 0 Å². The van der Waals surface area contributed by atoms with Crippen LogP contribution in [0.3, 0.4) is 0 Å². The molecule has 1 heterocycles. The molecule has 1 aromatic carbocycles. The van der Waals surface area contributed by atoms with Gasteiger partial charge in [0.15, 0.2) is 17.7 Å². The molecule has 34 heavy (non-hydrogen) atoms. The maximum atomic E-state index is 12.6. The molecule has 1 N–H and O–H groups in total. The molecule has 0 radical (unpaired) electrons. The average molecular weight is 583 g/mol. The third kappa shape index (κ3) is 11.1. The fourth-order valence-electron chi connectivity index (χ4n) is 3.94. The highest BCUT2D eigenvalue weighted by molar-refractivity contribution is 5.90. The number of rotatable bonds is 17. The molecule has 0 aliphatic carbocycles. The second-order valence-electron chi connectivity index (χ2n) is 8.57. The van der Waals surface area contributed by atoms with E-state index in [1.165, 1.54) is 57.8 Å².